The molecule has 0 N–H and O–H groups in total. The van der Waals surface area contributed by atoms with E-state index in [0.717, 1.165) is 0 Å². The molecule has 63 heavy (non-hydrogen) atoms. The van der Waals surface area contributed by atoms with Crippen LogP contribution in [0.15, 0.2) is 188 Å². The summed E-state index contributed by atoms with van der Waals surface area (Å²) >= 11 is 0. The van der Waals surface area contributed by atoms with Crippen molar-refractivity contribution in [1.82, 2.24) is 4.57 Å². The van der Waals surface area contributed by atoms with Crippen LogP contribution in [0.3, 0.4) is 0 Å². The summed E-state index contributed by atoms with van der Waals surface area (Å²) in [5.74, 6) is 0. The number of fused-ring (bicyclic) bond motifs is 18. The van der Waals surface area contributed by atoms with Crippen LogP contribution in [0.25, 0.3) is 75.5 Å². The predicted molar refractivity (Wildman–Crippen MR) is 271 cm³/mol. The molecule has 0 fully saturated rings. The third-order valence-electron chi connectivity index (χ3n) is 14.4. The fourth-order valence-electron chi connectivity index (χ4n) is 11.9. The third kappa shape index (κ3) is 4.54. The number of nitrogens with zero attached hydrogens (tertiary/aromatic N) is 3. The van der Waals surface area contributed by atoms with Gasteiger partial charge in [0.25, 0.3) is 6.71 Å². The van der Waals surface area contributed by atoms with E-state index < -0.39 is 0 Å². The maximum Gasteiger partial charge on any atom is 0.272 e. The first-order valence-corrected chi connectivity index (χ1v) is 22.1. The van der Waals surface area contributed by atoms with E-state index in [9.17, 15) is 0 Å². The molecule has 0 amide bonds. The lowest BCUT2D eigenvalue weighted by Gasteiger charge is -2.44. The highest BCUT2D eigenvalue weighted by Gasteiger charge is 2.46. The molecule has 3 nitrogen and oxygen atoms in total. The summed E-state index contributed by atoms with van der Waals surface area (Å²) in [6, 6.07) is 70.9. The lowest BCUT2D eigenvalue weighted by Crippen LogP contribution is -2.62. The minimum atomic E-state index is -0.00796. The van der Waals surface area contributed by atoms with E-state index in [1.807, 2.05) is 0 Å². The Morgan fingerprint density at radius 1 is 0.349 bits per heavy atom. The zero-order valence-electron chi connectivity index (χ0n) is 35.3. The molecule has 294 valence electrons. The van der Waals surface area contributed by atoms with E-state index >= 15 is 0 Å². The Balaban J connectivity index is 1.15. The molecule has 0 aliphatic carbocycles. The van der Waals surface area contributed by atoms with E-state index in [4.69, 9.17) is 0 Å². The van der Waals surface area contributed by atoms with E-state index in [-0.39, 0.29) is 6.71 Å². The molecule has 3 heterocycles. The first-order chi connectivity index (χ1) is 31.0. The normalized spacial score (nSPS) is 13.2. The SMILES string of the molecule is Cc1ccc2c(c1)B1c3c(cccc3N(c3cccc4c5ccccc5c5ccccc5c34)c3c1n(C)c1ccc(C)cc31)N2c1cccc2c3ccccc3c3ccccc3c12. The summed E-state index contributed by atoms with van der Waals surface area (Å²) < 4.78 is 2.50. The van der Waals surface area contributed by atoms with Gasteiger partial charge in [0.05, 0.1) is 17.1 Å². The number of anilines is 6. The molecule has 2 aliphatic heterocycles. The van der Waals surface area contributed by atoms with Gasteiger partial charge in [-0.3, -0.25) is 0 Å². The second-order valence-electron chi connectivity index (χ2n) is 17.8. The van der Waals surface area contributed by atoms with Crippen molar-refractivity contribution < 1.29 is 0 Å². The van der Waals surface area contributed by atoms with Crippen molar-refractivity contribution >= 4 is 133 Å². The van der Waals surface area contributed by atoms with Crippen LogP contribution in [0.1, 0.15) is 11.1 Å². The molecular formula is C59H40BN3. The van der Waals surface area contributed by atoms with Gasteiger partial charge in [-0.2, -0.15) is 0 Å². The Morgan fingerprint density at radius 2 is 0.762 bits per heavy atom. The predicted octanol–water partition coefficient (Wildman–Crippen LogP) is 13.8. The molecule has 1 aromatic heterocycles. The van der Waals surface area contributed by atoms with Gasteiger partial charge in [-0.1, -0.05) is 157 Å². The second-order valence-corrected chi connectivity index (χ2v) is 17.8. The van der Waals surface area contributed by atoms with Crippen molar-refractivity contribution in [2.24, 2.45) is 7.05 Å². The van der Waals surface area contributed by atoms with E-state index in [0.29, 0.717) is 0 Å². The summed E-state index contributed by atoms with van der Waals surface area (Å²) in [7, 11) is 2.29. The molecule has 0 radical (unpaired) electrons. The smallest absolute Gasteiger partial charge is 0.272 e. The van der Waals surface area contributed by atoms with Crippen molar-refractivity contribution in [3.63, 3.8) is 0 Å². The van der Waals surface area contributed by atoms with Crippen molar-refractivity contribution in [2.75, 3.05) is 9.80 Å². The summed E-state index contributed by atoms with van der Waals surface area (Å²) in [5, 5.41) is 16.6. The number of aromatic nitrogens is 1. The average molecular weight is 802 g/mol. The van der Waals surface area contributed by atoms with Crippen LogP contribution in [0.4, 0.5) is 34.1 Å². The average Bonchev–Trinajstić information content (AvgIpc) is 3.61. The van der Waals surface area contributed by atoms with Gasteiger partial charge in [0.2, 0.25) is 0 Å². The number of rotatable bonds is 2. The molecule has 2 aliphatic rings. The van der Waals surface area contributed by atoms with Crippen LogP contribution in [0.5, 0.6) is 0 Å². The molecule has 0 bridgehead atoms. The summed E-state index contributed by atoms with van der Waals surface area (Å²) in [6.07, 6.45) is 0. The molecule has 0 saturated carbocycles. The van der Waals surface area contributed by atoms with Crippen molar-refractivity contribution in [1.29, 1.82) is 0 Å². The highest BCUT2D eigenvalue weighted by Crippen LogP contribution is 2.51. The maximum atomic E-state index is 2.64. The Bertz CT molecular complexity index is 3900. The molecule has 11 aromatic carbocycles. The number of aryl methyl sites for hydroxylation is 3. The monoisotopic (exact) mass is 801 g/mol. The quantitative estimate of drug-likeness (QED) is 0.127. The molecule has 0 saturated heterocycles. The number of hydrogen-bond donors (Lipinski definition) is 0. The topological polar surface area (TPSA) is 11.4 Å². The van der Waals surface area contributed by atoms with E-state index in [1.165, 1.54) is 137 Å². The van der Waals surface area contributed by atoms with Crippen molar-refractivity contribution in [2.45, 2.75) is 13.8 Å². The molecule has 0 atom stereocenters. The van der Waals surface area contributed by atoms with Gasteiger partial charge in [0, 0.05) is 51.4 Å². The largest absolute Gasteiger partial charge is 0.353 e. The van der Waals surface area contributed by atoms with Gasteiger partial charge in [-0.25, -0.2) is 0 Å². The van der Waals surface area contributed by atoms with Gasteiger partial charge in [-0.15, -0.1) is 0 Å². The van der Waals surface area contributed by atoms with Crippen molar-refractivity contribution in [3.05, 3.63) is 199 Å². The van der Waals surface area contributed by atoms with Gasteiger partial charge < -0.3 is 14.4 Å². The minimum absolute atomic E-state index is 0.00796. The molecule has 4 heteroatoms. The van der Waals surface area contributed by atoms with Crippen LogP contribution in [-0.4, -0.2) is 11.3 Å². The van der Waals surface area contributed by atoms with Gasteiger partial charge in [-0.05, 0) is 121 Å². The molecule has 0 unspecified atom stereocenters. The van der Waals surface area contributed by atoms with Gasteiger partial charge in [0.1, 0.15) is 0 Å². The summed E-state index contributed by atoms with van der Waals surface area (Å²) in [6.45, 7) is 4.46. The Labute approximate surface area is 365 Å². The molecular weight excluding hydrogens is 761 g/mol. The lowest BCUT2D eigenvalue weighted by molar-refractivity contribution is 0.997. The minimum Gasteiger partial charge on any atom is -0.353 e. The Kier molecular flexibility index (Phi) is 6.98. The van der Waals surface area contributed by atoms with Crippen LogP contribution >= 0.6 is 0 Å². The van der Waals surface area contributed by atoms with Crippen LogP contribution in [0, 0.1) is 13.8 Å². The lowest BCUT2D eigenvalue weighted by atomic mass is 9.35. The molecule has 0 spiro atoms. The fourth-order valence-corrected chi connectivity index (χ4v) is 11.9. The molecule has 12 aromatic rings. The third-order valence-corrected chi connectivity index (χ3v) is 14.4. The Morgan fingerprint density at radius 3 is 1.32 bits per heavy atom. The van der Waals surface area contributed by atoms with E-state index in [1.54, 1.807) is 0 Å². The van der Waals surface area contributed by atoms with E-state index in [2.05, 4.69) is 223 Å². The zero-order valence-corrected chi connectivity index (χ0v) is 35.3. The maximum absolute atomic E-state index is 2.64. The second kappa shape index (κ2) is 12.6. The van der Waals surface area contributed by atoms with Crippen LogP contribution in [0.2, 0.25) is 0 Å². The highest BCUT2D eigenvalue weighted by atomic mass is 15.2. The van der Waals surface area contributed by atoms with Gasteiger partial charge >= 0.3 is 0 Å². The van der Waals surface area contributed by atoms with Gasteiger partial charge in [0.15, 0.2) is 0 Å². The summed E-state index contributed by atoms with van der Waals surface area (Å²) in [5.41, 5.74) is 15.0. The van der Waals surface area contributed by atoms with Crippen LogP contribution < -0.4 is 26.3 Å². The fraction of sp³-hybridized carbons (Fsp3) is 0.0508. The number of hydrogen-bond acceptors (Lipinski definition) is 2. The van der Waals surface area contributed by atoms with Crippen molar-refractivity contribution in [3.8, 4) is 0 Å². The first kappa shape index (κ1) is 34.8. The standard InChI is InChI=1S/C59H40BN3/c1-35-29-31-49-47(33-35)58-59(61(49)3)60-48-34-36(2)30-32-50(48)62(51-25-12-23-45-41-17-6-4-15-37(41)39-19-8-10-21-43(39)55(45)51)53-27-14-28-54(57(53)60)63(58)52-26-13-24-46-42-18-7-5-16-38(42)40-20-9-11-22-44(40)56(46)52/h4-34H,1-3H3. The zero-order chi connectivity index (χ0) is 41.7. The number of benzene rings is 11. The summed E-state index contributed by atoms with van der Waals surface area (Å²) in [4.78, 5) is 5.23. The highest BCUT2D eigenvalue weighted by molar-refractivity contribution is 7.00. The molecule has 14 rings (SSSR count). The first-order valence-electron chi connectivity index (χ1n) is 22.1. The van der Waals surface area contributed by atoms with Crippen LogP contribution in [-0.2, 0) is 7.05 Å². The Hall–Kier alpha value is -7.82.